The van der Waals surface area contributed by atoms with E-state index in [1.54, 1.807) is 0 Å². The first-order valence-corrected chi connectivity index (χ1v) is 10.6. The van der Waals surface area contributed by atoms with Crippen LogP contribution < -0.4 is 10.6 Å². The third kappa shape index (κ3) is 8.23. The van der Waals surface area contributed by atoms with Crippen LogP contribution in [0.5, 0.6) is 0 Å². The third-order valence-electron chi connectivity index (χ3n) is 5.31. The van der Waals surface area contributed by atoms with Gasteiger partial charge in [0.15, 0.2) is 5.96 Å². The lowest BCUT2D eigenvalue weighted by Crippen LogP contribution is -2.43. The maximum atomic E-state index is 5.76. The monoisotopic (exact) mass is 368 g/mol. The fourth-order valence-corrected chi connectivity index (χ4v) is 3.65. The van der Waals surface area contributed by atoms with E-state index in [0.717, 1.165) is 70.8 Å². The molecule has 2 rings (SSSR count). The van der Waals surface area contributed by atoms with Gasteiger partial charge in [0.05, 0.1) is 19.8 Å². The van der Waals surface area contributed by atoms with Gasteiger partial charge < -0.3 is 20.1 Å². The number of hydrogen-bond acceptors (Lipinski definition) is 4. The van der Waals surface area contributed by atoms with Crippen molar-refractivity contribution in [3.05, 3.63) is 0 Å². The highest BCUT2D eigenvalue weighted by Gasteiger charge is 2.20. The molecule has 0 aliphatic carbocycles. The minimum absolute atomic E-state index is 0.505. The summed E-state index contributed by atoms with van der Waals surface area (Å²) in [5.41, 5.74) is 0. The summed E-state index contributed by atoms with van der Waals surface area (Å²) in [6.45, 7) is 15.2. The summed E-state index contributed by atoms with van der Waals surface area (Å²) in [4.78, 5) is 7.37. The van der Waals surface area contributed by atoms with Crippen LogP contribution in [0.1, 0.15) is 46.5 Å². The second-order valence-electron chi connectivity index (χ2n) is 7.90. The molecule has 2 aliphatic rings. The topological polar surface area (TPSA) is 58.1 Å². The maximum Gasteiger partial charge on any atom is 0.191 e. The second kappa shape index (κ2) is 12.5. The summed E-state index contributed by atoms with van der Waals surface area (Å²) in [6.07, 6.45) is 4.83. The molecule has 2 N–H and O–H groups in total. The van der Waals surface area contributed by atoms with Crippen molar-refractivity contribution >= 4 is 5.96 Å². The SMILES string of the molecule is CCNC(=NCC(C)N1CCCC(C)C1)NCCCOCC1CCOC1. The van der Waals surface area contributed by atoms with Crippen molar-refractivity contribution in [2.24, 2.45) is 16.8 Å². The standard InChI is InChI=1S/C20H40N4O2/c1-4-21-20(22-9-6-11-25-15-19-8-12-26-16-19)23-13-18(3)24-10-5-7-17(2)14-24/h17-19H,4-16H2,1-3H3,(H2,21,22,23). The first-order chi connectivity index (χ1) is 12.7. The van der Waals surface area contributed by atoms with Gasteiger partial charge in [0, 0.05) is 44.8 Å². The van der Waals surface area contributed by atoms with Gasteiger partial charge in [-0.15, -0.1) is 0 Å². The van der Waals surface area contributed by atoms with Gasteiger partial charge in [-0.3, -0.25) is 9.89 Å². The Labute approximate surface area is 160 Å². The lowest BCUT2D eigenvalue weighted by atomic mass is 9.99. The van der Waals surface area contributed by atoms with Crippen LogP contribution in [0.2, 0.25) is 0 Å². The van der Waals surface area contributed by atoms with E-state index >= 15 is 0 Å². The maximum absolute atomic E-state index is 5.76. The molecule has 6 nitrogen and oxygen atoms in total. The van der Waals surface area contributed by atoms with E-state index in [1.165, 1.54) is 25.9 Å². The van der Waals surface area contributed by atoms with Gasteiger partial charge in [-0.1, -0.05) is 6.92 Å². The molecular weight excluding hydrogens is 328 g/mol. The number of guanidine groups is 1. The van der Waals surface area contributed by atoms with Crippen molar-refractivity contribution in [1.29, 1.82) is 0 Å². The van der Waals surface area contributed by atoms with E-state index in [0.29, 0.717) is 12.0 Å². The Morgan fingerprint density at radius 2 is 2.23 bits per heavy atom. The Balaban J connectivity index is 1.60. The Bertz CT molecular complexity index is 399. The number of nitrogens with zero attached hydrogens (tertiary/aromatic N) is 2. The number of aliphatic imine (C=N–C) groups is 1. The van der Waals surface area contributed by atoms with Gasteiger partial charge in [-0.2, -0.15) is 0 Å². The van der Waals surface area contributed by atoms with E-state index in [9.17, 15) is 0 Å². The van der Waals surface area contributed by atoms with Gasteiger partial charge in [0.25, 0.3) is 0 Å². The van der Waals surface area contributed by atoms with Crippen LogP contribution in [-0.2, 0) is 9.47 Å². The van der Waals surface area contributed by atoms with Crippen molar-refractivity contribution in [2.75, 3.05) is 59.2 Å². The molecule has 3 unspecified atom stereocenters. The molecule has 2 aliphatic heterocycles. The zero-order chi connectivity index (χ0) is 18.6. The van der Waals surface area contributed by atoms with Crippen LogP contribution in [0.3, 0.4) is 0 Å². The Morgan fingerprint density at radius 1 is 1.35 bits per heavy atom. The van der Waals surface area contributed by atoms with E-state index in [-0.39, 0.29) is 0 Å². The number of likely N-dealkylation sites (tertiary alicyclic amines) is 1. The van der Waals surface area contributed by atoms with Crippen LogP contribution >= 0.6 is 0 Å². The largest absolute Gasteiger partial charge is 0.381 e. The molecular formula is C20H40N4O2. The molecule has 2 heterocycles. The third-order valence-corrected chi connectivity index (χ3v) is 5.31. The minimum atomic E-state index is 0.505. The van der Waals surface area contributed by atoms with Crippen molar-refractivity contribution in [3.8, 4) is 0 Å². The zero-order valence-corrected chi connectivity index (χ0v) is 17.1. The van der Waals surface area contributed by atoms with Gasteiger partial charge in [0.2, 0.25) is 0 Å². The highest BCUT2D eigenvalue weighted by Crippen LogP contribution is 2.17. The number of nitrogens with one attached hydrogen (secondary N) is 2. The van der Waals surface area contributed by atoms with E-state index in [2.05, 4.69) is 36.3 Å². The van der Waals surface area contributed by atoms with E-state index in [4.69, 9.17) is 14.5 Å². The summed E-state index contributed by atoms with van der Waals surface area (Å²) >= 11 is 0. The highest BCUT2D eigenvalue weighted by atomic mass is 16.5. The summed E-state index contributed by atoms with van der Waals surface area (Å²) in [5, 5.41) is 6.78. The molecule has 0 bridgehead atoms. The quantitative estimate of drug-likeness (QED) is 0.351. The Morgan fingerprint density at radius 3 is 2.96 bits per heavy atom. The molecule has 6 heteroatoms. The molecule has 3 atom stereocenters. The summed E-state index contributed by atoms with van der Waals surface area (Å²) in [6, 6.07) is 0.505. The minimum Gasteiger partial charge on any atom is -0.381 e. The first-order valence-electron chi connectivity index (χ1n) is 10.6. The van der Waals surface area contributed by atoms with Gasteiger partial charge in [0.1, 0.15) is 0 Å². The first kappa shape index (κ1) is 21.5. The average molecular weight is 369 g/mol. The second-order valence-corrected chi connectivity index (χ2v) is 7.90. The molecule has 2 fully saturated rings. The van der Waals surface area contributed by atoms with Crippen molar-refractivity contribution in [1.82, 2.24) is 15.5 Å². The van der Waals surface area contributed by atoms with Crippen LogP contribution in [0.4, 0.5) is 0 Å². The van der Waals surface area contributed by atoms with Crippen molar-refractivity contribution < 1.29 is 9.47 Å². The highest BCUT2D eigenvalue weighted by molar-refractivity contribution is 5.79. The fourth-order valence-electron chi connectivity index (χ4n) is 3.65. The van der Waals surface area contributed by atoms with Gasteiger partial charge >= 0.3 is 0 Å². The number of hydrogen-bond donors (Lipinski definition) is 2. The molecule has 0 aromatic heterocycles. The van der Waals surface area contributed by atoms with Crippen molar-refractivity contribution in [2.45, 2.75) is 52.5 Å². The molecule has 2 saturated heterocycles. The van der Waals surface area contributed by atoms with E-state index < -0.39 is 0 Å². The average Bonchev–Trinajstić information content (AvgIpc) is 3.15. The molecule has 0 amide bonds. The molecule has 0 spiro atoms. The van der Waals surface area contributed by atoms with Crippen LogP contribution in [0.25, 0.3) is 0 Å². The summed E-state index contributed by atoms with van der Waals surface area (Å²) < 4.78 is 11.1. The van der Waals surface area contributed by atoms with E-state index in [1.807, 2.05) is 0 Å². The summed E-state index contributed by atoms with van der Waals surface area (Å²) in [7, 11) is 0. The van der Waals surface area contributed by atoms with Gasteiger partial charge in [-0.25, -0.2) is 0 Å². The smallest absolute Gasteiger partial charge is 0.191 e. The van der Waals surface area contributed by atoms with Crippen molar-refractivity contribution in [3.63, 3.8) is 0 Å². The molecule has 0 aromatic carbocycles. The molecule has 0 saturated carbocycles. The molecule has 0 radical (unpaired) electrons. The molecule has 0 aromatic rings. The molecule has 26 heavy (non-hydrogen) atoms. The normalized spacial score (nSPS) is 26.0. The van der Waals surface area contributed by atoms with Gasteiger partial charge in [-0.05, 0) is 52.0 Å². The Kier molecular flexibility index (Phi) is 10.3. The fraction of sp³-hybridized carbons (Fsp3) is 0.950. The van der Waals surface area contributed by atoms with Crippen LogP contribution in [0.15, 0.2) is 4.99 Å². The van der Waals surface area contributed by atoms with Crippen LogP contribution in [-0.4, -0.2) is 76.1 Å². The number of ether oxygens (including phenoxy) is 2. The summed E-state index contributed by atoms with van der Waals surface area (Å²) in [5.74, 6) is 2.34. The predicted molar refractivity (Wildman–Crippen MR) is 108 cm³/mol. The van der Waals surface area contributed by atoms with Crippen LogP contribution in [0, 0.1) is 11.8 Å². The zero-order valence-electron chi connectivity index (χ0n) is 17.1. The lowest BCUT2D eigenvalue weighted by Gasteiger charge is -2.35. The predicted octanol–water partition coefficient (Wildman–Crippen LogP) is 2.11. The number of piperidine rings is 1. The lowest BCUT2D eigenvalue weighted by molar-refractivity contribution is 0.0888. The molecule has 152 valence electrons. The Hall–Kier alpha value is -0.850. The number of rotatable bonds is 10.